The molecule has 0 radical (unpaired) electrons. The molecule has 0 unspecified atom stereocenters. The quantitative estimate of drug-likeness (QED) is 0.362. The summed E-state index contributed by atoms with van der Waals surface area (Å²) in [6.45, 7) is 1.78. The van der Waals surface area contributed by atoms with Gasteiger partial charge in [-0.2, -0.15) is 18.3 Å². The Balaban J connectivity index is 1.62. The second-order valence-electron chi connectivity index (χ2n) is 8.32. The lowest BCUT2D eigenvalue weighted by atomic mass is 10.0. The average Bonchev–Trinajstić information content (AvgIpc) is 3.32. The van der Waals surface area contributed by atoms with Crippen LogP contribution in [0.3, 0.4) is 0 Å². The summed E-state index contributed by atoms with van der Waals surface area (Å²) >= 11 is 0. The number of carbonyl (C=O) groups excluding carboxylic acids is 2. The van der Waals surface area contributed by atoms with E-state index in [0.29, 0.717) is 5.56 Å². The number of benzene rings is 3. The van der Waals surface area contributed by atoms with Gasteiger partial charge in [0.25, 0.3) is 5.91 Å². The van der Waals surface area contributed by atoms with E-state index in [-0.39, 0.29) is 30.4 Å². The Kier molecular flexibility index (Phi) is 7.07. The number of hydrogen-bond donors (Lipinski definition) is 3. The summed E-state index contributed by atoms with van der Waals surface area (Å²) in [6, 6.07) is 19.7. The molecule has 1 heterocycles. The molecule has 186 valence electrons. The van der Waals surface area contributed by atoms with Gasteiger partial charge in [-0.05, 0) is 41.0 Å². The molecule has 36 heavy (non-hydrogen) atoms. The van der Waals surface area contributed by atoms with Gasteiger partial charge in [0.2, 0.25) is 5.91 Å². The van der Waals surface area contributed by atoms with Gasteiger partial charge in [0.15, 0.2) is 5.69 Å². The molecule has 0 fully saturated rings. The number of nitrogens with one attached hydrogen (secondary N) is 2. The molecule has 0 aliphatic heterocycles. The number of amides is 2. The van der Waals surface area contributed by atoms with Crippen molar-refractivity contribution in [3.05, 3.63) is 95.3 Å². The molecule has 10 heteroatoms. The number of fused-ring (bicyclic) bond motifs is 1. The Morgan fingerprint density at radius 2 is 1.69 bits per heavy atom. The van der Waals surface area contributed by atoms with Crippen molar-refractivity contribution in [2.75, 3.05) is 0 Å². The minimum atomic E-state index is -4.74. The summed E-state index contributed by atoms with van der Waals surface area (Å²) in [5.41, 5.74) is 5.77. The van der Waals surface area contributed by atoms with Crippen LogP contribution in [0, 0.1) is 0 Å². The Hall–Kier alpha value is -4.18. The lowest BCUT2D eigenvalue weighted by Crippen LogP contribution is -2.37. The van der Waals surface area contributed by atoms with Gasteiger partial charge in [-0.1, -0.05) is 54.6 Å². The summed E-state index contributed by atoms with van der Waals surface area (Å²) in [6.07, 6.45) is -4.74. The van der Waals surface area contributed by atoms with Crippen molar-refractivity contribution in [1.29, 1.82) is 0 Å². The molecule has 4 N–H and O–H groups in total. The first-order valence-corrected chi connectivity index (χ1v) is 11.2. The van der Waals surface area contributed by atoms with E-state index in [0.717, 1.165) is 27.1 Å². The number of aromatic nitrogens is 2. The van der Waals surface area contributed by atoms with E-state index in [2.05, 4.69) is 15.7 Å². The molecule has 0 aliphatic rings. The molecule has 0 aliphatic carbocycles. The third-order valence-corrected chi connectivity index (χ3v) is 5.59. The Morgan fingerprint density at radius 3 is 2.44 bits per heavy atom. The number of rotatable bonds is 7. The largest absolute Gasteiger partial charge is 0.435 e. The molecular formula is C26H24F3N5O2. The fraction of sp³-hybridized carbons (Fsp3) is 0.192. The van der Waals surface area contributed by atoms with Crippen molar-refractivity contribution in [2.24, 2.45) is 5.73 Å². The molecule has 3 aromatic carbocycles. The number of carbonyl (C=O) groups is 2. The Bertz CT molecular complexity index is 1410. The van der Waals surface area contributed by atoms with Gasteiger partial charge in [-0.15, -0.1) is 0 Å². The van der Waals surface area contributed by atoms with Crippen LogP contribution in [0.1, 0.15) is 34.2 Å². The standard InChI is InChI=1S/C26H24F3N5O2/c1-16(30)24(35)31-14-17-6-4-10-20(12-17)34-22(13-23(33-34)26(27,28)29)25(36)32-15-19-9-5-8-18-7-2-3-11-21(18)19/h2-13,16H,14-15,30H2,1H3,(H,31,35)(H,32,36)/t16-/m0/s1. The molecule has 7 nitrogen and oxygen atoms in total. The highest BCUT2D eigenvalue weighted by Crippen LogP contribution is 2.30. The zero-order valence-electron chi connectivity index (χ0n) is 19.3. The van der Waals surface area contributed by atoms with Gasteiger partial charge in [0, 0.05) is 19.2 Å². The number of halogens is 3. The van der Waals surface area contributed by atoms with Crippen LogP contribution in [0.15, 0.2) is 72.8 Å². The minimum Gasteiger partial charge on any atom is -0.351 e. The van der Waals surface area contributed by atoms with E-state index in [1.54, 1.807) is 18.2 Å². The summed E-state index contributed by atoms with van der Waals surface area (Å²) in [7, 11) is 0. The zero-order valence-corrected chi connectivity index (χ0v) is 19.3. The van der Waals surface area contributed by atoms with Gasteiger partial charge in [0.1, 0.15) is 5.69 Å². The van der Waals surface area contributed by atoms with Crippen LogP contribution in [0.2, 0.25) is 0 Å². The van der Waals surface area contributed by atoms with Gasteiger partial charge < -0.3 is 16.4 Å². The monoisotopic (exact) mass is 495 g/mol. The Labute approximate surface area is 205 Å². The minimum absolute atomic E-state index is 0.115. The highest BCUT2D eigenvalue weighted by atomic mass is 19.4. The van der Waals surface area contributed by atoms with E-state index in [4.69, 9.17) is 5.73 Å². The first kappa shape index (κ1) is 24.9. The highest BCUT2D eigenvalue weighted by Gasteiger charge is 2.36. The molecule has 2 amide bonds. The van der Waals surface area contributed by atoms with Crippen molar-refractivity contribution in [1.82, 2.24) is 20.4 Å². The highest BCUT2D eigenvalue weighted by molar-refractivity contribution is 5.94. The molecule has 4 rings (SSSR count). The molecule has 1 atom stereocenters. The number of alkyl halides is 3. The van der Waals surface area contributed by atoms with E-state index in [1.807, 2.05) is 42.5 Å². The number of hydrogen-bond acceptors (Lipinski definition) is 4. The maximum Gasteiger partial charge on any atom is 0.435 e. The van der Waals surface area contributed by atoms with Crippen LogP contribution in [0.4, 0.5) is 13.2 Å². The van der Waals surface area contributed by atoms with Crippen LogP contribution in [-0.4, -0.2) is 27.6 Å². The van der Waals surface area contributed by atoms with E-state index < -0.39 is 23.8 Å². The normalized spacial score (nSPS) is 12.4. The third-order valence-electron chi connectivity index (χ3n) is 5.59. The van der Waals surface area contributed by atoms with Crippen molar-refractivity contribution >= 4 is 22.6 Å². The zero-order chi connectivity index (χ0) is 25.9. The summed E-state index contributed by atoms with van der Waals surface area (Å²) < 4.78 is 41.4. The van der Waals surface area contributed by atoms with Crippen molar-refractivity contribution < 1.29 is 22.8 Å². The predicted octanol–water partition coefficient (Wildman–Crippen LogP) is 3.94. The second kappa shape index (κ2) is 10.2. The third kappa shape index (κ3) is 5.55. The first-order chi connectivity index (χ1) is 17.1. The lowest BCUT2D eigenvalue weighted by molar-refractivity contribution is -0.141. The van der Waals surface area contributed by atoms with Gasteiger partial charge in [0.05, 0.1) is 11.7 Å². The SMILES string of the molecule is C[C@H](N)C(=O)NCc1cccc(-n2nc(C(F)(F)F)cc2C(=O)NCc2cccc3ccccc23)c1. The smallest absolute Gasteiger partial charge is 0.351 e. The number of nitrogens with two attached hydrogens (primary N) is 1. The maximum absolute atomic E-state index is 13.5. The molecule has 0 spiro atoms. The van der Waals surface area contributed by atoms with Gasteiger partial charge in [-0.25, -0.2) is 4.68 Å². The van der Waals surface area contributed by atoms with Crippen LogP contribution in [0.25, 0.3) is 16.5 Å². The second-order valence-corrected chi connectivity index (χ2v) is 8.32. The molecule has 0 saturated heterocycles. The topological polar surface area (TPSA) is 102 Å². The molecule has 4 aromatic rings. The van der Waals surface area contributed by atoms with Crippen LogP contribution >= 0.6 is 0 Å². The molecule has 1 aromatic heterocycles. The first-order valence-electron chi connectivity index (χ1n) is 11.2. The van der Waals surface area contributed by atoms with Crippen molar-refractivity contribution in [2.45, 2.75) is 32.2 Å². The van der Waals surface area contributed by atoms with Crippen LogP contribution < -0.4 is 16.4 Å². The van der Waals surface area contributed by atoms with Crippen LogP contribution in [0.5, 0.6) is 0 Å². The average molecular weight is 496 g/mol. The summed E-state index contributed by atoms with van der Waals surface area (Å²) in [5, 5.41) is 10.9. The Morgan fingerprint density at radius 1 is 0.972 bits per heavy atom. The summed E-state index contributed by atoms with van der Waals surface area (Å²) in [5.74, 6) is -1.08. The molecular weight excluding hydrogens is 471 g/mol. The maximum atomic E-state index is 13.5. The predicted molar refractivity (Wildman–Crippen MR) is 129 cm³/mol. The van der Waals surface area contributed by atoms with E-state index in [9.17, 15) is 22.8 Å². The summed E-state index contributed by atoms with van der Waals surface area (Å²) in [4.78, 5) is 24.8. The van der Waals surface area contributed by atoms with Crippen molar-refractivity contribution in [3.8, 4) is 5.69 Å². The van der Waals surface area contributed by atoms with Crippen molar-refractivity contribution in [3.63, 3.8) is 0 Å². The lowest BCUT2D eigenvalue weighted by Gasteiger charge is -2.12. The number of nitrogens with zero attached hydrogens (tertiary/aromatic N) is 2. The van der Waals surface area contributed by atoms with E-state index >= 15 is 0 Å². The molecule has 0 saturated carbocycles. The van der Waals surface area contributed by atoms with E-state index in [1.165, 1.54) is 13.0 Å². The molecule has 0 bridgehead atoms. The van der Waals surface area contributed by atoms with Gasteiger partial charge >= 0.3 is 6.18 Å². The fourth-order valence-electron chi connectivity index (χ4n) is 3.74. The van der Waals surface area contributed by atoms with Gasteiger partial charge in [-0.3, -0.25) is 9.59 Å². The van der Waals surface area contributed by atoms with Crippen LogP contribution in [-0.2, 0) is 24.1 Å². The fourth-order valence-corrected chi connectivity index (χ4v) is 3.74.